The zero-order valence-electron chi connectivity index (χ0n) is 18.2. The first-order chi connectivity index (χ1) is 16.0. The Hall–Kier alpha value is -3.02. The van der Waals surface area contributed by atoms with Gasteiger partial charge >= 0.3 is 0 Å². The number of halogens is 2. The molecule has 4 aromatic carbocycles. The molecule has 0 heterocycles. The zero-order chi connectivity index (χ0) is 23.4. The summed E-state index contributed by atoms with van der Waals surface area (Å²) in [6.07, 6.45) is 0. The van der Waals surface area contributed by atoms with Gasteiger partial charge in [-0.25, -0.2) is 0 Å². The van der Waals surface area contributed by atoms with Crippen LogP contribution in [0.4, 0.5) is 0 Å². The molecule has 33 heavy (non-hydrogen) atoms. The summed E-state index contributed by atoms with van der Waals surface area (Å²) in [6, 6.07) is 22.4. The number of rotatable bonds is 8. The number of ketones is 1. The van der Waals surface area contributed by atoms with Crippen LogP contribution in [0.15, 0.2) is 72.8 Å². The smallest absolute Gasteiger partial charge is 0.194 e. The minimum Gasteiger partial charge on any atom is -0.497 e. The van der Waals surface area contributed by atoms with E-state index in [1.54, 1.807) is 32.4 Å². The maximum Gasteiger partial charge on any atom is 0.194 e. The van der Waals surface area contributed by atoms with E-state index in [-0.39, 0.29) is 5.78 Å². The van der Waals surface area contributed by atoms with Crippen molar-refractivity contribution in [1.29, 1.82) is 0 Å². The minimum absolute atomic E-state index is 0.0817. The van der Waals surface area contributed by atoms with Gasteiger partial charge < -0.3 is 14.2 Å². The molecule has 0 saturated carbocycles. The van der Waals surface area contributed by atoms with E-state index in [4.69, 9.17) is 25.8 Å². The third-order valence-corrected chi connectivity index (χ3v) is 6.01. The number of hydrogen-bond acceptors (Lipinski definition) is 4. The second-order valence-corrected chi connectivity index (χ2v) is 8.52. The molecule has 0 bridgehead atoms. The van der Waals surface area contributed by atoms with E-state index in [1.165, 1.54) is 0 Å². The van der Waals surface area contributed by atoms with Crippen molar-refractivity contribution in [3.63, 3.8) is 0 Å². The highest BCUT2D eigenvalue weighted by molar-refractivity contribution is 9.09. The first-order valence-corrected chi connectivity index (χ1v) is 11.8. The van der Waals surface area contributed by atoms with E-state index in [0.717, 1.165) is 38.7 Å². The van der Waals surface area contributed by atoms with E-state index < -0.39 is 0 Å². The van der Waals surface area contributed by atoms with E-state index in [2.05, 4.69) is 15.9 Å². The zero-order valence-corrected chi connectivity index (χ0v) is 20.6. The van der Waals surface area contributed by atoms with Crippen LogP contribution < -0.4 is 14.2 Å². The van der Waals surface area contributed by atoms with Crippen LogP contribution in [0.25, 0.3) is 21.9 Å². The summed E-state index contributed by atoms with van der Waals surface area (Å²) in [7, 11) is 3.20. The van der Waals surface area contributed by atoms with Crippen LogP contribution in [0.3, 0.4) is 0 Å². The molecule has 0 spiro atoms. The summed E-state index contributed by atoms with van der Waals surface area (Å²) in [5, 5.41) is 3.01. The molecule has 6 heteroatoms. The van der Waals surface area contributed by atoms with Gasteiger partial charge in [0.15, 0.2) is 5.78 Å². The largest absolute Gasteiger partial charge is 0.497 e. The molecular formula is C27H22BrClO4. The van der Waals surface area contributed by atoms with E-state index >= 15 is 0 Å². The second-order valence-electron chi connectivity index (χ2n) is 7.32. The van der Waals surface area contributed by atoms with Crippen LogP contribution in [-0.2, 0) is 0 Å². The number of fused-ring (bicyclic) bond motifs is 1. The van der Waals surface area contributed by atoms with Crippen LogP contribution in [0, 0.1) is 0 Å². The van der Waals surface area contributed by atoms with Gasteiger partial charge in [0.05, 0.1) is 25.8 Å². The standard InChI is InChI=1S/C27H22BrClO4/c1-31-21-9-11-23-18(15-21)5-10-22(19-6-12-24(29)25(16-19)32-2)26(23)27(30)17-3-7-20(8-4-17)33-14-13-28/h3-12,15-16H,13-14H2,1-2H3. The van der Waals surface area contributed by atoms with E-state index in [9.17, 15) is 4.79 Å². The fourth-order valence-corrected chi connectivity index (χ4v) is 4.11. The summed E-state index contributed by atoms with van der Waals surface area (Å²) in [5.41, 5.74) is 2.82. The van der Waals surface area contributed by atoms with Gasteiger partial charge in [-0.3, -0.25) is 4.79 Å². The molecular weight excluding hydrogens is 504 g/mol. The summed E-state index contributed by atoms with van der Waals surface area (Å²) < 4.78 is 16.4. The number of hydrogen-bond donors (Lipinski definition) is 0. The predicted octanol–water partition coefficient (Wildman–Crippen LogP) is 7.18. The fourth-order valence-electron chi connectivity index (χ4n) is 3.75. The molecule has 0 amide bonds. The molecule has 0 atom stereocenters. The minimum atomic E-state index is -0.0817. The molecule has 0 aliphatic carbocycles. The van der Waals surface area contributed by atoms with Gasteiger partial charge in [0, 0.05) is 16.5 Å². The monoisotopic (exact) mass is 524 g/mol. The van der Waals surface area contributed by atoms with E-state index in [1.807, 2.05) is 54.6 Å². The van der Waals surface area contributed by atoms with Crippen LogP contribution >= 0.6 is 27.5 Å². The maximum absolute atomic E-state index is 13.8. The van der Waals surface area contributed by atoms with Crippen LogP contribution in [-0.4, -0.2) is 31.9 Å². The molecule has 168 valence electrons. The van der Waals surface area contributed by atoms with E-state index in [0.29, 0.717) is 28.5 Å². The highest BCUT2D eigenvalue weighted by Gasteiger charge is 2.20. The molecule has 0 aliphatic heterocycles. The lowest BCUT2D eigenvalue weighted by atomic mass is 9.89. The highest BCUT2D eigenvalue weighted by atomic mass is 79.9. The Morgan fingerprint density at radius 1 is 0.879 bits per heavy atom. The van der Waals surface area contributed by atoms with Crippen molar-refractivity contribution in [3.05, 3.63) is 88.9 Å². The number of alkyl halides is 1. The van der Waals surface area contributed by atoms with Crippen molar-refractivity contribution >= 4 is 44.1 Å². The van der Waals surface area contributed by atoms with Crippen LogP contribution in [0.1, 0.15) is 15.9 Å². The molecule has 0 aromatic heterocycles. The van der Waals surface area contributed by atoms with Crippen molar-refractivity contribution in [2.45, 2.75) is 0 Å². The Morgan fingerprint density at radius 2 is 1.64 bits per heavy atom. The van der Waals surface area contributed by atoms with Crippen molar-refractivity contribution in [1.82, 2.24) is 0 Å². The molecule has 0 fully saturated rings. The van der Waals surface area contributed by atoms with Gasteiger partial charge in [-0.2, -0.15) is 0 Å². The normalized spacial score (nSPS) is 10.8. The maximum atomic E-state index is 13.8. The first kappa shape index (κ1) is 23.1. The first-order valence-electron chi connectivity index (χ1n) is 10.3. The average molecular weight is 526 g/mol. The predicted molar refractivity (Wildman–Crippen MR) is 137 cm³/mol. The Morgan fingerprint density at radius 3 is 2.33 bits per heavy atom. The summed E-state index contributed by atoms with van der Waals surface area (Å²) >= 11 is 9.59. The topological polar surface area (TPSA) is 44.8 Å². The third-order valence-electron chi connectivity index (χ3n) is 5.38. The molecule has 0 radical (unpaired) electrons. The highest BCUT2D eigenvalue weighted by Crippen LogP contribution is 2.37. The van der Waals surface area contributed by atoms with Crippen molar-refractivity contribution in [3.8, 4) is 28.4 Å². The SMILES string of the molecule is COc1ccc2c(C(=O)c3ccc(OCCBr)cc3)c(-c3ccc(Cl)c(OC)c3)ccc2c1. The lowest BCUT2D eigenvalue weighted by Gasteiger charge is -2.15. The van der Waals surface area contributed by atoms with Gasteiger partial charge in [0.1, 0.15) is 17.2 Å². The van der Waals surface area contributed by atoms with Gasteiger partial charge in [-0.1, -0.05) is 45.7 Å². The van der Waals surface area contributed by atoms with Crippen molar-refractivity contribution in [2.75, 3.05) is 26.2 Å². The Balaban J connectivity index is 1.88. The number of ether oxygens (including phenoxy) is 3. The summed E-state index contributed by atoms with van der Waals surface area (Å²) in [4.78, 5) is 13.8. The molecule has 0 aliphatic rings. The Labute approximate surface area is 206 Å². The number of carbonyl (C=O) groups is 1. The van der Waals surface area contributed by atoms with Crippen LogP contribution in [0.2, 0.25) is 5.02 Å². The quantitative estimate of drug-likeness (QED) is 0.180. The van der Waals surface area contributed by atoms with Crippen molar-refractivity contribution < 1.29 is 19.0 Å². The number of carbonyl (C=O) groups excluding carboxylic acids is 1. The lowest BCUT2D eigenvalue weighted by Crippen LogP contribution is -2.06. The summed E-state index contributed by atoms with van der Waals surface area (Å²) in [6.45, 7) is 0.557. The van der Waals surface area contributed by atoms with Gasteiger partial charge in [0.2, 0.25) is 0 Å². The third kappa shape index (κ3) is 4.85. The second kappa shape index (κ2) is 10.3. The number of methoxy groups -OCH3 is 2. The van der Waals surface area contributed by atoms with Crippen molar-refractivity contribution in [2.24, 2.45) is 0 Å². The fraction of sp³-hybridized carbons (Fsp3) is 0.148. The van der Waals surface area contributed by atoms with Gasteiger partial charge in [-0.05, 0) is 76.5 Å². The molecule has 4 rings (SSSR count). The molecule has 4 nitrogen and oxygen atoms in total. The summed E-state index contributed by atoms with van der Waals surface area (Å²) in [5.74, 6) is 1.92. The average Bonchev–Trinajstić information content (AvgIpc) is 2.86. The number of benzene rings is 4. The Bertz CT molecular complexity index is 1300. The van der Waals surface area contributed by atoms with Gasteiger partial charge in [-0.15, -0.1) is 0 Å². The lowest BCUT2D eigenvalue weighted by molar-refractivity contribution is 0.104. The van der Waals surface area contributed by atoms with Gasteiger partial charge in [0.25, 0.3) is 0 Å². The molecule has 0 saturated heterocycles. The molecule has 0 N–H and O–H groups in total. The molecule has 4 aromatic rings. The Kier molecular flexibility index (Phi) is 7.21. The molecule has 0 unspecified atom stereocenters. The van der Waals surface area contributed by atoms with Crippen LogP contribution in [0.5, 0.6) is 17.2 Å².